The van der Waals surface area contributed by atoms with Gasteiger partial charge in [0.2, 0.25) is 5.91 Å². The highest BCUT2D eigenvalue weighted by molar-refractivity contribution is 5.95. The van der Waals surface area contributed by atoms with Gasteiger partial charge in [-0.05, 0) is 38.6 Å². The van der Waals surface area contributed by atoms with Gasteiger partial charge in [-0.2, -0.15) is 0 Å². The van der Waals surface area contributed by atoms with Gasteiger partial charge in [0.25, 0.3) is 0 Å². The van der Waals surface area contributed by atoms with Crippen molar-refractivity contribution in [3.05, 3.63) is 23.8 Å². The first-order valence-electron chi connectivity index (χ1n) is 8.45. The number of benzene rings is 1. The van der Waals surface area contributed by atoms with Crippen LogP contribution in [0.15, 0.2) is 18.2 Å². The summed E-state index contributed by atoms with van der Waals surface area (Å²) < 4.78 is 10.8. The van der Waals surface area contributed by atoms with Gasteiger partial charge in [-0.25, -0.2) is 4.79 Å². The minimum absolute atomic E-state index is 0.177. The summed E-state index contributed by atoms with van der Waals surface area (Å²) >= 11 is 0. The molecule has 1 amide bonds. The standard InChI is InChI=1S/C18H28N2O4/c1-5-20(6-2)11-8-12-24-18(22)16-10-9-15(19-14(4)21)13-17(16)23-7-3/h9-10,13H,5-8,11-12H2,1-4H3,(H,19,21). The quantitative estimate of drug-likeness (QED) is 0.525. The Hall–Kier alpha value is -2.08. The molecule has 0 heterocycles. The molecule has 1 aromatic carbocycles. The number of nitrogens with one attached hydrogen (secondary N) is 1. The number of hydrogen-bond acceptors (Lipinski definition) is 5. The van der Waals surface area contributed by atoms with Crippen LogP contribution in [0.1, 0.15) is 44.5 Å². The third kappa shape index (κ3) is 6.58. The Balaban J connectivity index is 2.66. The van der Waals surface area contributed by atoms with Crippen molar-refractivity contribution >= 4 is 17.6 Å². The van der Waals surface area contributed by atoms with E-state index in [4.69, 9.17) is 9.47 Å². The lowest BCUT2D eigenvalue weighted by molar-refractivity contribution is -0.114. The Morgan fingerprint density at radius 3 is 2.46 bits per heavy atom. The second-order valence-electron chi connectivity index (χ2n) is 5.34. The number of carbonyl (C=O) groups excluding carboxylic acids is 2. The summed E-state index contributed by atoms with van der Waals surface area (Å²) in [5.74, 6) is -0.172. The second-order valence-corrected chi connectivity index (χ2v) is 5.34. The van der Waals surface area contributed by atoms with Crippen molar-refractivity contribution in [2.24, 2.45) is 0 Å². The first kappa shape index (κ1) is 20.0. The summed E-state index contributed by atoms with van der Waals surface area (Å²) in [6.07, 6.45) is 0.793. The predicted octanol–water partition coefficient (Wildman–Crippen LogP) is 2.93. The molecule has 1 aromatic rings. The van der Waals surface area contributed by atoms with Gasteiger partial charge in [0.05, 0.1) is 13.2 Å². The van der Waals surface area contributed by atoms with Crippen LogP contribution >= 0.6 is 0 Å². The molecule has 0 fully saturated rings. The van der Waals surface area contributed by atoms with E-state index in [0.29, 0.717) is 30.2 Å². The molecule has 0 aromatic heterocycles. The van der Waals surface area contributed by atoms with Gasteiger partial charge in [-0.15, -0.1) is 0 Å². The fourth-order valence-electron chi connectivity index (χ4n) is 2.32. The molecule has 6 nitrogen and oxygen atoms in total. The summed E-state index contributed by atoms with van der Waals surface area (Å²) in [6.45, 7) is 11.2. The highest BCUT2D eigenvalue weighted by Gasteiger charge is 2.15. The molecule has 0 radical (unpaired) electrons. The summed E-state index contributed by atoms with van der Waals surface area (Å²) in [7, 11) is 0. The lowest BCUT2D eigenvalue weighted by Gasteiger charge is -2.17. The Morgan fingerprint density at radius 1 is 1.17 bits per heavy atom. The highest BCUT2D eigenvalue weighted by Crippen LogP contribution is 2.24. The fraction of sp³-hybridized carbons (Fsp3) is 0.556. The summed E-state index contributed by atoms with van der Waals surface area (Å²) in [4.78, 5) is 25.7. The van der Waals surface area contributed by atoms with E-state index in [1.54, 1.807) is 18.2 Å². The Labute approximate surface area is 144 Å². The summed E-state index contributed by atoms with van der Waals surface area (Å²) in [5.41, 5.74) is 0.956. The largest absolute Gasteiger partial charge is 0.493 e. The van der Waals surface area contributed by atoms with Crippen molar-refractivity contribution in [2.75, 3.05) is 38.2 Å². The van der Waals surface area contributed by atoms with Crippen LogP contribution in [0.5, 0.6) is 5.75 Å². The van der Waals surface area contributed by atoms with Crippen molar-refractivity contribution in [1.29, 1.82) is 0 Å². The number of rotatable bonds is 10. The summed E-state index contributed by atoms with van der Waals surface area (Å²) in [5, 5.41) is 2.67. The smallest absolute Gasteiger partial charge is 0.341 e. The lowest BCUT2D eigenvalue weighted by atomic mass is 10.1. The van der Waals surface area contributed by atoms with Gasteiger partial charge in [-0.1, -0.05) is 13.8 Å². The molecule has 0 unspecified atom stereocenters. The number of anilines is 1. The molecule has 0 bridgehead atoms. The number of esters is 1. The van der Waals surface area contributed by atoms with Crippen LogP contribution in [0.4, 0.5) is 5.69 Å². The van der Waals surface area contributed by atoms with Crippen LogP contribution in [0, 0.1) is 0 Å². The SMILES string of the molecule is CCOc1cc(NC(C)=O)ccc1C(=O)OCCCN(CC)CC. The van der Waals surface area contributed by atoms with Crippen LogP contribution in [0.25, 0.3) is 0 Å². The molecule has 0 saturated heterocycles. The van der Waals surface area contributed by atoms with Crippen LogP contribution in [-0.2, 0) is 9.53 Å². The van der Waals surface area contributed by atoms with Gasteiger partial charge in [0.15, 0.2) is 0 Å². The van der Waals surface area contributed by atoms with E-state index < -0.39 is 5.97 Å². The summed E-state index contributed by atoms with van der Waals surface area (Å²) in [6, 6.07) is 4.91. The molecule has 24 heavy (non-hydrogen) atoms. The van der Waals surface area contributed by atoms with E-state index in [-0.39, 0.29) is 5.91 Å². The number of ether oxygens (including phenoxy) is 2. The van der Waals surface area contributed by atoms with Crippen molar-refractivity contribution < 1.29 is 19.1 Å². The van der Waals surface area contributed by atoms with Crippen LogP contribution in [0.3, 0.4) is 0 Å². The van der Waals surface area contributed by atoms with Gasteiger partial charge in [0.1, 0.15) is 11.3 Å². The lowest BCUT2D eigenvalue weighted by Crippen LogP contribution is -2.25. The minimum atomic E-state index is -0.410. The van der Waals surface area contributed by atoms with Crippen molar-refractivity contribution in [2.45, 2.75) is 34.1 Å². The van der Waals surface area contributed by atoms with Crippen molar-refractivity contribution in [3.63, 3.8) is 0 Å². The maximum atomic E-state index is 12.3. The first-order chi connectivity index (χ1) is 11.5. The van der Waals surface area contributed by atoms with Gasteiger partial charge < -0.3 is 19.7 Å². The maximum Gasteiger partial charge on any atom is 0.341 e. The monoisotopic (exact) mass is 336 g/mol. The first-order valence-corrected chi connectivity index (χ1v) is 8.45. The maximum absolute atomic E-state index is 12.3. The number of hydrogen-bond donors (Lipinski definition) is 1. The molecule has 134 valence electrons. The van der Waals surface area contributed by atoms with Crippen molar-refractivity contribution in [3.8, 4) is 5.75 Å². The molecular formula is C18H28N2O4. The zero-order valence-corrected chi connectivity index (χ0v) is 15.1. The third-order valence-corrected chi connectivity index (χ3v) is 3.57. The van der Waals surface area contributed by atoms with E-state index in [1.165, 1.54) is 6.92 Å². The molecule has 0 aliphatic heterocycles. The molecular weight excluding hydrogens is 308 g/mol. The van der Waals surface area contributed by atoms with E-state index in [0.717, 1.165) is 26.1 Å². The molecule has 0 aliphatic carbocycles. The Kier molecular flexibility index (Phi) is 8.86. The van der Waals surface area contributed by atoms with Crippen LogP contribution < -0.4 is 10.1 Å². The van der Waals surface area contributed by atoms with Gasteiger partial charge in [0, 0.05) is 25.2 Å². The molecule has 0 atom stereocenters. The third-order valence-electron chi connectivity index (χ3n) is 3.57. The number of carbonyl (C=O) groups is 2. The van der Waals surface area contributed by atoms with Gasteiger partial charge >= 0.3 is 5.97 Å². The average Bonchev–Trinajstić information content (AvgIpc) is 2.55. The molecule has 0 saturated carbocycles. The number of amides is 1. The molecule has 0 spiro atoms. The molecule has 1 N–H and O–H groups in total. The van der Waals surface area contributed by atoms with E-state index in [9.17, 15) is 9.59 Å². The molecule has 1 rings (SSSR count). The fourth-order valence-corrected chi connectivity index (χ4v) is 2.32. The van der Waals surface area contributed by atoms with Crippen molar-refractivity contribution in [1.82, 2.24) is 4.90 Å². The zero-order valence-electron chi connectivity index (χ0n) is 15.1. The minimum Gasteiger partial charge on any atom is -0.493 e. The topological polar surface area (TPSA) is 67.9 Å². The van der Waals surface area contributed by atoms with E-state index in [1.807, 2.05) is 6.92 Å². The Bertz CT molecular complexity index is 542. The highest BCUT2D eigenvalue weighted by atomic mass is 16.5. The normalized spacial score (nSPS) is 10.5. The van der Waals surface area contributed by atoms with E-state index in [2.05, 4.69) is 24.1 Å². The van der Waals surface area contributed by atoms with Crippen LogP contribution in [0.2, 0.25) is 0 Å². The molecule has 0 aliphatic rings. The molecule has 6 heteroatoms. The van der Waals surface area contributed by atoms with Gasteiger partial charge in [-0.3, -0.25) is 4.79 Å². The Morgan fingerprint density at radius 2 is 1.88 bits per heavy atom. The van der Waals surface area contributed by atoms with E-state index >= 15 is 0 Å². The predicted molar refractivity (Wildman–Crippen MR) is 94.6 cm³/mol. The zero-order chi connectivity index (χ0) is 17.9. The average molecular weight is 336 g/mol. The number of nitrogens with zero attached hydrogens (tertiary/aromatic N) is 1. The van der Waals surface area contributed by atoms with Crippen LogP contribution in [-0.4, -0.2) is 49.6 Å². The second kappa shape index (κ2) is 10.6.